The third-order valence-corrected chi connectivity index (χ3v) is 5.69. The number of ether oxygens (including phenoxy) is 2. The Morgan fingerprint density at radius 1 is 1.33 bits per heavy atom. The molecule has 1 aromatic carbocycles. The van der Waals surface area contributed by atoms with Gasteiger partial charge in [-0.25, -0.2) is 4.98 Å². The zero-order valence-corrected chi connectivity index (χ0v) is 15.2. The molecule has 0 aliphatic carbocycles. The van der Waals surface area contributed by atoms with E-state index in [1.807, 2.05) is 31.2 Å². The largest absolute Gasteiger partial charge is 0.497 e. The zero-order valence-electron chi connectivity index (χ0n) is 15.2. The molecule has 0 saturated heterocycles. The summed E-state index contributed by atoms with van der Waals surface area (Å²) in [6.45, 7) is 2.63. The Balaban J connectivity index is 1.73. The van der Waals surface area contributed by atoms with Crippen molar-refractivity contribution in [3.63, 3.8) is 0 Å². The highest BCUT2D eigenvalue weighted by atomic mass is 16.6. The van der Waals surface area contributed by atoms with E-state index >= 15 is 0 Å². The average molecular weight is 364 g/mol. The van der Waals surface area contributed by atoms with Gasteiger partial charge in [0.2, 0.25) is 0 Å². The molecule has 1 unspecified atom stereocenters. The number of aliphatic hydroxyl groups is 1. The number of hydrogen-bond acceptors (Lipinski definition) is 5. The van der Waals surface area contributed by atoms with Gasteiger partial charge in [-0.15, -0.1) is 0 Å². The molecule has 1 N–H and O–H groups in total. The molecule has 2 aliphatic rings. The first-order valence-electron chi connectivity index (χ1n) is 9.15. The smallest absolute Gasteiger partial charge is 0.257 e. The fraction of sp³-hybridized carbons (Fsp3) is 0.333. The summed E-state index contributed by atoms with van der Waals surface area (Å²) in [7, 11) is 1.64. The van der Waals surface area contributed by atoms with E-state index in [9.17, 15) is 9.90 Å². The van der Waals surface area contributed by atoms with Crippen molar-refractivity contribution in [1.29, 1.82) is 0 Å². The molecule has 2 aliphatic heterocycles. The molecular formula is C21H20N2O4. The minimum Gasteiger partial charge on any atom is -0.497 e. The fourth-order valence-corrected chi connectivity index (χ4v) is 4.24. The molecule has 4 heterocycles. The van der Waals surface area contributed by atoms with Crippen LogP contribution in [0.15, 0.2) is 35.1 Å². The van der Waals surface area contributed by atoms with Gasteiger partial charge in [0.05, 0.1) is 37.2 Å². The first-order valence-corrected chi connectivity index (χ1v) is 9.15. The van der Waals surface area contributed by atoms with E-state index in [-0.39, 0.29) is 18.1 Å². The van der Waals surface area contributed by atoms with Crippen molar-refractivity contribution in [2.75, 3.05) is 7.11 Å². The molecule has 0 spiro atoms. The Morgan fingerprint density at radius 2 is 2.19 bits per heavy atom. The topological polar surface area (TPSA) is 73.6 Å². The molecule has 2 atom stereocenters. The van der Waals surface area contributed by atoms with Gasteiger partial charge < -0.3 is 19.1 Å². The quantitative estimate of drug-likeness (QED) is 0.592. The lowest BCUT2D eigenvalue weighted by atomic mass is 9.90. The molecule has 6 nitrogen and oxygen atoms in total. The van der Waals surface area contributed by atoms with Crippen LogP contribution in [-0.4, -0.2) is 28.1 Å². The van der Waals surface area contributed by atoms with Gasteiger partial charge in [-0.2, -0.15) is 0 Å². The lowest BCUT2D eigenvalue weighted by Crippen LogP contribution is -2.34. The molecule has 3 aromatic rings. The Morgan fingerprint density at radius 3 is 2.96 bits per heavy atom. The number of aromatic nitrogens is 2. The minimum absolute atomic E-state index is 0.0486. The summed E-state index contributed by atoms with van der Waals surface area (Å²) < 4.78 is 12.5. The van der Waals surface area contributed by atoms with Crippen LogP contribution in [0.5, 0.6) is 5.75 Å². The normalized spacial score (nSPS) is 20.3. The summed E-state index contributed by atoms with van der Waals surface area (Å²) >= 11 is 0. The first-order chi connectivity index (χ1) is 13.1. The molecule has 27 heavy (non-hydrogen) atoms. The Kier molecular flexibility index (Phi) is 3.60. The van der Waals surface area contributed by atoms with Crippen molar-refractivity contribution in [3.05, 3.63) is 57.4 Å². The van der Waals surface area contributed by atoms with Gasteiger partial charge in [-0.1, -0.05) is 6.92 Å². The van der Waals surface area contributed by atoms with Crippen molar-refractivity contribution in [1.82, 2.24) is 9.55 Å². The van der Waals surface area contributed by atoms with E-state index < -0.39 is 6.29 Å². The third-order valence-electron chi connectivity index (χ3n) is 5.69. The molecule has 0 saturated carbocycles. The maximum atomic E-state index is 13.1. The van der Waals surface area contributed by atoms with E-state index in [1.54, 1.807) is 11.7 Å². The van der Waals surface area contributed by atoms with Gasteiger partial charge in [0.25, 0.3) is 5.56 Å². The van der Waals surface area contributed by atoms with Crippen LogP contribution in [0.3, 0.4) is 0 Å². The summed E-state index contributed by atoms with van der Waals surface area (Å²) in [6, 6.07) is 9.87. The molecular weight excluding hydrogens is 344 g/mol. The van der Waals surface area contributed by atoms with Crippen molar-refractivity contribution < 1.29 is 14.6 Å². The number of nitrogens with zero attached hydrogens (tertiary/aromatic N) is 2. The number of hydrogen-bond donors (Lipinski definition) is 1. The summed E-state index contributed by atoms with van der Waals surface area (Å²) in [5.41, 5.74) is 5.02. The highest BCUT2D eigenvalue weighted by Gasteiger charge is 2.33. The van der Waals surface area contributed by atoms with Crippen LogP contribution in [0, 0.1) is 0 Å². The Hall–Kier alpha value is -2.70. The van der Waals surface area contributed by atoms with Crippen LogP contribution in [0.25, 0.3) is 22.3 Å². The summed E-state index contributed by atoms with van der Waals surface area (Å²) in [5, 5.41) is 11.2. The van der Waals surface area contributed by atoms with Gasteiger partial charge in [-0.05, 0) is 42.3 Å². The van der Waals surface area contributed by atoms with Crippen LogP contribution in [-0.2, 0) is 17.9 Å². The Bertz CT molecular complexity index is 1140. The molecule has 2 aromatic heterocycles. The van der Waals surface area contributed by atoms with Crippen LogP contribution < -0.4 is 10.3 Å². The second-order valence-corrected chi connectivity index (χ2v) is 7.13. The lowest BCUT2D eigenvalue weighted by Gasteiger charge is -2.29. The Labute approximate surface area is 156 Å². The monoisotopic (exact) mass is 364 g/mol. The predicted molar refractivity (Wildman–Crippen MR) is 101 cm³/mol. The number of benzene rings is 1. The van der Waals surface area contributed by atoms with Gasteiger partial charge in [0, 0.05) is 22.4 Å². The van der Waals surface area contributed by atoms with E-state index in [1.165, 1.54) is 0 Å². The summed E-state index contributed by atoms with van der Waals surface area (Å²) in [6.07, 6.45) is -0.169. The molecule has 0 amide bonds. The highest BCUT2D eigenvalue weighted by molar-refractivity contribution is 5.85. The van der Waals surface area contributed by atoms with Crippen LogP contribution in [0.2, 0.25) is 0 Å². The van der Waals surface area contributed by atoms with Crippen LogP contribution in [0.4, 0.5) is 0 Å². The second kappa shape index (κ2) is 5.90. The molecule has 5 rings (SSSR count). The van der Waals surface area contributed by atoms with Gasteiger partial charge in [0.1, 0.15) is 5.75 Å². The maximum absolute atomic E-state index is 13.1. The predicted octanol–water partition coefficient (Wildman–Crippen LogP) is 2.78. The molecule has 6 heteroatoms. The van der Waals surface area contributed by atoms with Gasteiger partial charge >= 0.3 is 0 Å². The molecule has 138 valence electrons. The fourth-order valence-electron chi connectivity index (χ4n) is 4.24. The standard InChI is InChI=1S/C21H20N2O4/c1-3-14-15-8-18-19-12(6-11-7-13(26-2)4-5-17(11)22-19)9-23(18)20(24)16(15)10-27-21(14)25/h4-8,14,21,25H,3,9-10H2,1-2H3/t14?,21-/m1/s1. The number of fused-ring (bicyclic) bond motifs is 5. The van der Waals surface area contributed by atoms with Crippen molar-refractivity contribution in [2.24, 2.45) is 0 Å². The number of aliphatic hydroxyl groups excluding tert-OH is 1. The van der Waals surface area contributed by atoms with Crippen molar-refractivity contribution >= 4 is 10.9 Å². The third kappa shape index (κ3) is 2.33. The van der Waals surface area contributed by atoms with E-state index in [2.05, 4.69) is 6.07 Å². The van der Waals surface area contributed by atoms with E-state index in [0.717, 1.165) is 39.2 Å². The second-order valence-electron chi connectivity index (χ2n) is 7.13. The number of pyridine rings is 2. The summed E-state index contributed by atoms with van der Waals surface area (Å²) in [5.74, 6) is 0.588. The first kappa shape index (κ1) is 16.5. The van der Waals surface area contributed by atoms with Crippen LogP contribution >= 0.6 is 0 Å². The van der Waals surface area contributed by atoms with Gasteiger partial charge in [0.15, 0.2) is 6.29 Å². The number of rotatable bonds is 2. The van der Waals surface area contributed by atoms with Gasteiger partial charge in [-0.3, -0.25) is 4.79 Å². The zero-order chi connectivity index (χ0) is 18.7. The minimum atomic E-state index is -0.872. The number of methoxy groups -OCH3 is 1. The van der Waals surface area contributed by atoms with Crippen LogP contribution in [0.1, 0.15) is 36.0 Å². The maximum Gasteiger partial charge on any atom is 0.257 e. The van der Waals surface area contributed by atoms with Crippen molar-refractivity contribution in [3.8, 4) is 17.1 Å². The molecule has 0 fully saturated rings. The molecule has 0 bridgehead atoms. The average Bonchev–Trinajstić information content (AvgIpc) is 3.03. The lowest BCUT2D eigenvalue weighted by molar-refractivity contribution is -0.134. The SMILES string of the molecule is CCC1c2cc3n(c(=O)c2CO[C@H]1O)Cc1cc2cc(OC)ccc2nc1-3. The van der Waals surface area contributed by atoms with E-state index in [0.29, 0.717) is 18.5 Å². The summed E-state index contributed by atoms with van der Waals surface area (Å²) in [4.78, 5) is 17.9. The molecule has 0 radical (unpaired) electrons. The van der Waals surface area contributed by atoms with E-state index in [4.69, 9.17) is 14.5 Å². The highest BCUT2D eigenvalue weighted by Crippen LogP contribution is 2.38. The van der Waals surface area contributed by atoms with Crippen molar-refractivity contribution in [2.45, 2.75) is 38.7 Å².